The summed E-state index contributed by atoms with van der Waals surface area (Å²) in [6, 6.07) is 6.00. The van der Waals surface area contributed by atoms with Crippen molar-refractivity contribution < 1.29 is 22.0 Å². The maximum atomic E-state index is 13.9. The van der Waals surface area contributed by atoms with Gasteiger partial charge in [-0.1, -0.05) is 12.1 Å². The second kappa shape index (κ2) is 8.96. The highest BCUT2D eigenvalue weighted by molar-refractivity contribution is 7.91. The van der Waals surface area contributed by atoms with Crippen molar-refractivity contribution in [1.29, 1.82) is 0 Å². The SMILES string of the molecule is Cc1oc(-c2ccccc2F)nc1CS(=O)(=O)CC(=O)CCCN1CCCC1. The Morgan fingerprint density at radius 3 is 2.68 bits per heavy atom. The number of benzene rings is 1. The lowest BCUT2D eigenvalue weighted by Crippen LogP contribution is -2.23. The van der Waals surface area contributed by atoms with E-state index in [1.165, 1.54) is 25.0 Å². The van der Waals surface area contributed by atoms with Gasteiger partial charge in [0.1, 0.15) is 23.1 Å². The average Bonchev–Trinajstić information content (AvgIpc) is 3.25. The van der Waals surface area contributed by atoms with Crippen LogP contribution in [0.25, 0.3) is 11.5 Å². The summed E-state index contributed by atoms with van der Waals surface area (Å²) >= 11 is 0. The third-order valence-corrected chi connectivity index (χ3v) is 6.34. The molecule has 28 heavy (non-hydrogen) atoms. The fraction of sp³-hybridized carbons (Fsp3) is 0.500. The molecule has 8 heteroatoms. The van der Waals surface area contributed by atoms with Gasteiger partial charge in [0, 0.05) is 6.42 Å². The molecule has 0 N–H and O–H groups in total. The Hall–Kier alpha value is -2.06. The van der Waals surface area contributed by atoms with Gasteiger partial charge in [-0.05, 0) is 58.0 Å². The van der Waals surface area contributed by atoms with Crippen molar-refractivity contribution in [2.24, 2.45) is 0 Å². The van der Waals surface area contributed by atoms with Gasteiger partial charge in [-0.2, -0.15) is 0 Å². The van der Waals surface area contributed by atoms with Crippen LogP contribution in [0.15, 0.2) is 28.7 Å². The third-order valence-electron chi connectivity index (χ3n) is 4.86. The molecule has 0 amide bonds. The number of aryl methyl sites for hydroxylation is 1. The minimum absolute atomic E-state index is 0.0396. The van der Waals surface area contributed by atoms with Crippen LogP contribution in [-0.4, -0.2) is 49.5 Å². The van der Waals surface area contributed by atoms with E-state index in [0.717, 1.165) is 19.6 Å². The Kier molecular flexibility index (Phi) is 6.61. The topological polar surface area (TPSA) is 80.5 Å². The predicted octanol–water partition coefficient (Wildman–Crippen LogP) is 3.15. The molecule has 0 spiro atoms. The van der Waals surface area contributed by atoms with Crippen LogP contribution in [0.3, 0.4) is 0 Å². The number of hydrogen-bond acceptors (Lipinski definition) is 6. The number of oxazole rings is 1. The zero-order valence-electron chi connectivity index (χ0n) is 16.0. The molecule has 0 aliphatic carbocycles. The highest BCUT2D eigenvalue weighted by Gasteiger charge is 2.23. The number of carbonyl (C=O) groups excluding carboxylic acids is 1. The lowest BCUT2D eigenvalue weighted by molar-refractivity contribution is -0.116. The van der Waals surface area contributed by atoms with Crippen LogP contribution in [0.2, 0.25) is 0 Å². The largest absolute Gasteiger partial charge is 0.441 e. The van der Waals surface area contributed by atoms with Crippen molar-refractivity contribution in [1.82, 2.24) is 9.88 Å². The first-order chi connectivity index (χ1) is 13.3. The molecular formula is C20H25FN2O4S. The van der Waals surface area contributed by atoms with E-state index in [1.54, 1.807) is 19.1 Å². The van der Waals surface area contributed by atoms with Crippen LogP contribution in [-0.2, 0) is 20.4 Å². The molecule has 6 nitrogen and oxygen atoms in total. The van der Waals surface area contributed by atoms with Crippen molar-refractivity contribution in [3.05, 3.63) is 41.5 Å². The molecule has 2 aromatic rings. The summed E-state index contributed by atoms with van der Waals surface area (Å²) in [5, 5.41) is 0. The third kappa shape index (κ3) is 5.48. The normalized spacial score (nSPS) is 15.2. The fourth-order valence-corrected chi connectivity index (χ4v) is 4.82. The summed E-state index contributed by atoms with van der Waals surface area (Å²) in [4.78, 5) is 18.5. The van der Waals surface area contributed by atoms with Crippen LogP contribution >= 0.6 is 0 Å². The monoisotopic (exact) mass is 408 g/mol. The zero-order valence-corrected chi connectivity index (χ0v) is 16.8. The number of rotatable bonds is 9. The van der Waals surface area contributed by atoms with E-state index in [9.17, 15) is 17.6 Å². The number of ketones is 1. The average molecular weight is 408 g/mol. The number of sulfone groups is 1. The van der Waals surface area contributed by atoms with Gasteiger partial charge in [-0.3, -0.25) is 4.79 Å². The number of Topliss-reactive ketones (excluding diaryl/α,β-unsaturated/α-hetero) is 1. The van der Waals surface area contributed by atoms with Crippen molar-refractivity contribution in [2.45, 2.75) is 38.4 Å². The second-order valence-corrected chi connectivity index (χ2v) is 9.29. The summed E-state index contributed by atoms with van der Waals surface area (Å²) in [5.74, 6) is -1.33. The first-order valence-electron chi connectivity index (χ1n) is 9.50. The second-order valence-electron chi connectivity index (χ2n) is 7.22. The lowest BCUT2D eigenvalue weighted by Gasteiger charge is -2.13. The molecule has 1 aliphatic rings. The first-order valence-corrected chi connectivity index (χ1v) is 11.3. The predicted molar refractivity (Wildman–Crippen MR) is 104 cm³/mol. The zero-order chi connectivity index (χ0) is 20.1. The number of aromatic nitrogens is 1. The maximum absolute atomic E-state index is 13.9. The van der Waals surface area contributed by atoms with Gasteiger partial charge >= 0.3 is 0 Å². The van der Waals surface area contributed by atoms with Crippen molar-refractivity contribution in [3.8, 4) is 11.5 Å². The summed E-state index contributed by atoms with van der Waals surface area (Å²) in [7, 11) is -3.66. The minimum Gasteiger partial charge on any atom is -0.441 e. The molecule has 0 atom stereocenters. The van der Waals surface area contributed by atoms with Crippen molar-refractivity contribution in [3.63, 3.8) is 0 Å². The number of carbonyl (C=O) groups is 1. The fourth-order valence-electron chi connectivity index (χ4n) is 3.39. The number of likely N-dealkylation sites (tertiary alicyclic amines) is 1. The van der Waals surface area contributed by atoms with Gasteiger partial charge in [0.2, 0.25) is 5.89 Å². The van der Waals surface area contributed by atoms with Crippen LogP contribution in [0, 0.1) is 12.7 Å². The van der Waals surface area contributed by atoms with Gasteiger partial charge in [-0.25, -0.2) is 17.8 Å². The van der Waals surface area contributed by atoms with E-state index in [4.69, 9.17) is 4.42 Å². The highest BCUT2D eigenvalue weighted by atomic mass is 32.2. The Morgan fingerprint density at radius 1 is 1.25 bits per heavy atom. The van der Waals surface area contributed by atoms with Gasteiger partial charge in [0.25, 0.3) is 0 Å². The molecule has 3 rings (SSSR count). The molecule has 1 aromatic carbocycles. The smallest absolute Gasteiger partial charge is 0.229 e. The van der Waals surface area contributed by atoms with Crippen LogP contribution in [0.4, 0.5) is 4.39 Å². The van der Waals surface area contributed by atoms with Crippen LogP contribution in [0.1, 0.15) is 37.1 Å². The Balaban J connectivity index is 1.57. The summed E-state index contributed by atoms with van der Waals surface area (Å²) < 4.78 is 44.2. The van der Waals surface area contributed by atoms with E-state index >= 15 is 0 Å². The van der Waals surface area contributed by atoms with Gasteiger partial charge < -0.3 is 9.32 Å². The molecule has 0 saturated carbocycles. The van der Waals surface area contributed by atoms with E-state index in [2.05, 4.69) is 9.88 Å². The van der Waals surface area contributed by atoms with Crippen LogP contribution < -0.4 is 0 Å². The molecule has 1 fully saturated rings. The standard InChI is InChI=1S/C20H25FN2O4S/c1-15-19(22-20(27-15)17-8-2-3-9-18(17)21)14-28(25,26)13-16(24)7-6-12-23-10-4-5-11-23/h2-3,8-9H,4-7,10-14H2,1H3. The number of halogens is 1. The van der Waals surface area contributed by atoms with Gasteiger partial charge in [0.15, 0.2) is 9.84 Å². The molecule has 1 aromatic heterocycles. The van der Waals surface area contributed by atoms with E-state index in [0.29, 0.717) is 12.2 Å². The Labute approximate surface area is 164 Å². The summed E-state index contributed by atoms with van der Waals surface area (Å²) in [5.41, 5.74) is 0.385. The Bertz CT molecular complexity index is 933. The van der Waals surface area contributed by atoms with E-state index < -0.39 is 27.2 Å². The molecule has 2 heterocycles. The molecule has 1 saturated heterocycles. The summed E-state index contributed by atoms with van der Waals surface area (Å²) in [6.45, 7) is 4.53. The van der Waals surface area contributed by atoms with E-state index in [1.807, 2.05) is 0 Å². The molecule has 0 radical (unpaired) electrons. The molecule has 0 bridgehead atoms. The molecular weight excluding hydrogens is 383 g/mol. The van der Waals surface area contributed by atoms with Crippen molar-refractivity contribution in [2.75, 3.05) is 25.4 Å². The Morgan fingerprint density at radius 2 is 1.96 bits per heavy atom. The summed E-state index contributed by atoms with van der Waals surface area (Å²) in [6.07, 6.45) is 3.31. The lowest BCUT2D eigenvalue weighted by atomic mass is 10.2. The van der Waals surface area contributed by atoms with Crippen LogP contribution in [0.5, 0.6) is 0 Å². The number of nitrogens with zero attached hydrogens (tertiary/aromatic N) is 2. The van der Waals surface area contributed by atoms with Gasteiger partial charge in [-0.15, -0.1) is 0 Å². The van der Waals surface area contributed by atoms with E-state index in [-0.39, 0.29) is 29.4 Å². The molecule has 1 aliphatic heterocycles. The molecule has 0 unspecified atom stereocenters. The number of hydrogen-bond donors (Lipinski definition) is 0. The first kappa shape index (κ1) is 20.7. The van der Waals surface area contributed by atoms with Crippen molar-refractivity contribution >= 4 is 15.6 Å². The minimum atomic E-state index is -3.66. The quantitative estimate of drug-likeness (QED) is 0.634. The van der Waals surface area contributed by atoms with Gasteiger partial charge in [0.05, 0.1) is 17.0 Å². The molecule has 152 valence electrons. The highest BCUT2D eigenvalue weighted by Crippen LogP contribution is 2.25. The maximum Gasteiger partial charge on any atom is 0.229 e.